The van der Waals surface area contributed by atoms with Gasteiger partial charge in [0.1, 0.15) is 0 Å². The predicted molar refractivity (Wildman–Crippen MR) is 209 cm³/mol. The van der Waals surface area contributed by atoms with Crippen LogP contribution >= 0.6 is 24.6 Å². The number of rotatable bonds is 18. The summed E-state index contributed by atoms with van der Waals surface area (Å²) in [5, 5.41) is 5.84. The van der Waals surface area contributed by atoms with Crippen LogP contribution in [0.4, 0.5) is 0 Å². The lowest BCUT2D eigenvalue weighted by molar-refractivity contribution is -0.132. The molecule has 0 aromatic heterocycles. The van der Waals surface area contributed by atoms with Crippen molar-refractivity contribution in [1.82, 2.24) is 19.8 Å². The molecule has 8 nitrogen and oxygen atoms in total. The summed E-state index contributed by atoms with van der Waals surface area (Å²) in [5.74, 6) is 0.708. The van der Waals surface area contributed by atoms with Crippen molar-refractivity contribution in [1.29, 1.82) is 0 Å². The van der Waals surface area contributed by atoms with E-state index in [4.69, 9.17) is 0 Å². The maximum absolute atomic E-state index is 10.7. The highest BCUT2D eigenvalue weighted by atomic mass is 32.2. The van der Waals surface area contributed by atoms with Gasteiger partial charge in [-0.1, -0.05) is 133 Å². The molecule has 0 aromatic carbocycles. The molecule has 2 saturated heterocycles. The molecule has 0 aliphatic carbocycles. The lowest BCUT2D eigenvalue weighted by Gasteiger charge is -2.15. The van der Waals surface area contributed by atoms with Crippen molar-refractivity contribution in [3.63, 3.8) is 0 Å². The Morgan fingerprint density at radius 3 is 1.77 bits per heavy atom. The first-order valence-electron chi connectivity index (χ1n) is 18.2. The van der Waals surface area contributed by atoms with Gasteiger partial charge in [-0.15, -0.1) is 0 Å². The Balaban J connectivity index is -0.000000261. The lowest BCUT2D eigenvalue weighted by atomic mass is 10.1. The van der Waals surface area contributed by atoms with E-state index in [0.717, 1.165) is 36.5 Å². The van der Waals surface area contributed by atoms with Crippen LogP contribution in [0.25, 0.3) is 0 Å². The molecular weight excluding hydrogens is 629 g/mol. The minimum Gasteiger partial charge on any atom is -0.359 e. The molecule has 278 valence electrons. The van der Waals surface area contributed by atoms with Crippen LogP contribution in [0.3, 0.4) is 0 Å². The predicted octanol–water partition coefficient (Wildman–Crippen LogP) is 9.32. The van der Waals surface area contributed by atoms with Gasteiger partial charge in [0.05, 0.1) is 0 Å². The van der Waals surface area contributed by atoms with Crippen molar-refractivity contribution >= 4 is 49.2 Å². The Kier molecular flexibility index (Phi) is 42.5. The zero-order chi connectivity index (χ0) is 37.0. The molecule has 0 saturated carbocycles. The number of unbranched alkanes of at least 4 members (excludes halogenated alkanes) is 8. The topological polar surface area (TPSA) is 98.8 Å². The zero-order valence-electron chi connectivity index (χ0n) is 32.0. The minimum atomic E-state index is -0.198. The second kappa shape index (κ2) is 38.5. The molecule has 2 fully saturated rings. The third-order valence-corrected chi connectivity index (χ3v) is 9.00. The first-order chi connectivity index (χ1) is 22.5. The van der Waals surface area contributed by atoms with E-state index in [0.29, 0.717) is 24.5 Å². The summed E-state index contributed by atoms with van der Waals surface area (Å²) in [6, 6.07) is 0.235. The highest BCUT2D eigenvalue weighted by Crippen LogP contribution is 2.35. The SMILES string of the molecule is C=C1CC(SCCCCCC)C(=C)N1C.CC.CC.CC(CCCCNC=O)NC=O.CC1CC(=O)N(S)C1=O.CCCCCCC. The summed E-state index contributed by atoms with van der Waals surface area (Å²) in [5.41, 5.74) is 2.45. The molecule has 2 aliphatic rings. The van der Waals surface area contributed by atoms with Gasteiger partial charge in [-0.2, -0.15) is 11.8 Å². The van der Waals surface area contributed by atoms with Gasteiger partial charge in [0.15, 0.2) is 0 Å². The van der Waals surface area contributed by atoms with Gasteiger partial charge in [0, 0.05) is 55.0 Å². The average Bonchev–Trinajstić information content (AvgIpc) is 3.45. The molecule has 0 aromatic rings. The largest absolute Gasteiger partial charge is 0.359 e. The second-order valence-electron chi connectivity index (χ2n) is 11.2. The highest BCUT2D eigenvalue weighted by Gasteiger charge is 2.33. The van der Waals surface area contributed by atoms with Gasteiger partial charge in [-0.3, -0.25) is 19.2 Å². The molecule has 47 heavy (non-hydrogen) atoms. The summed E-state index contributed by atoms with van der Waals surface area (Å²) in [6.07, 6.45) is 18.2. The molecule has 3 unspecified atom stereocenters. The molecule has 0 radical (unpaired) electrons. The Hall–Kier alpha value is -1.94. The molecule has 4 amide bonds. The number of thioether (sulfide) groups is 1. The number of imide groups is 1. The first kappa shape index (κ1) is 51.9. The Bertz CT molecular complexity index is 794. The Morgan fingerprint density at radius 2 is 1.40 bits per heavy atom. The van der Waals surface area contributed by atoms with Crippen LogP contribution < -0.4 is 10.6 Å². The van der Waals surface area contributed by atoms with E-state index in [9.17, 15) is 19.2 Å². The van der Waals surface area contributed by atoms with Gasteiger partial charge in [-0.05, 0) is 38.4 Å². The standard InChI is InChI=1S/C13H23NS.C8H16N2O2.C7H16.C5H7NO2S.2C2H6/c1-5-6-7-8-9-15-13-10-11(2)14(4)12(13)3;1-8(10-7-12)4-2-3-5-9-6-11;1-3-5-7-6-4-2;1-3-2-4(7)6(9)5(3)8;2*1-2/h13H,2-3,5-10H2,1,4H3;6-8H,2-5H2,1H3,(H,9,11)(H,10,12);3-7H2,1-2H3;3,9H,2H2,1H3;2*1-2H3. The number of nitrogens with zero attached hydrogens (tertiary/aromatic N) is 2. The van der Waals surface area contributed by atoms with E-state index in [-0.39, 0.29) is 23.8 Å². The summed E-state index contributed by atoms with van der Waals surface area (Å²) < 4.78 is 0.880. The third kappa shape index (κ3) is 29.9. The smallest absolute Gasteiger partial charge is 0.242 e. The van der Waals surface area contributed by atoms with E-state index < -0.39 is 0 Å². The number of likely N-dealkylation sites (tertiary alicyclic amines) is 1. The Labute approximate surface area is 300 Å². The van der Waals surface area contributed by atoms with Crippen molar-refractivity contribution in [3.05, 3.63) is 24.6 Å². The van der Waals surface area contributed by atoms with Crippen molar-refractivity contribution in [2.75, 3.05) is 19.3 Å². The van der Waals surface area contributed by atoms with Crippen LogP contribution in [0, 0.1) is 5.92 Å². The molecule has 2 N–H and O–H groups in total. The number of allylic oxidation sites excluding steroid dienone is 1. The van der Waals surface area contributed by atoms with Crippen LogP contribution in [-0.4, -0.2) is 64.5 Å². The number of nitrogens with one attached hydrogen (secondary N) is 2. The van der Waals surface area contributed by atoms with E-state index in [1.54, 1.807) is 6.92 Å². The molecule has 2 rings (SSSR count). The van der Waals surface area contributed by atoms with Crippen molar-refractivity contribution in [2.45, 2.75) is 163 Å². The van der Waals surface area contributed by atoms with E-state index >= 15 is 0 Å². The minimum absolute atomic E-state index is 0.171. The maximum Gasteiger partial charge on any atom is 0.242 e. The molecule has 0 spiro atoms. The molecule has 2 heterocycles. The van der Waals surface area contributed by atoms with Crippen LogP contribution in [0.1, 0.15) is 152 Å². The monoisotopic (exact) mass is 703 g/mol. The summed E-state index contributed by atoms with van der Waals surface area (Å²) in [4.78, 5) is 43.3. The van der Waals surface area contributed by atoms with Gasteiger partial charge in [0.2, 0.25) is 24.6 Å². The van der Waals surface area contributed by atoms with Crippen LogP contribution in [-0.2, 0) is 19.2 Å². The first-order valence-corrected chi connectivity index (χ1v) is 19.6. The lowest BCUT2D eigenvalue weighted by Crippen LogP contribution is -2.24. The summed E-state index contributed by atoms with van der Waals surface area (Å²) in [6.45, 7) is 27.3. The van der Waals surface area contributed by atoms with Crippen molar-refractivity contribution < 1.29 is 19.2 Å². The fourth-order valence-corrected chi connectivity index (χ4v) is 5.77. The number of carbonyl (C=O) groups is 4. The molecular formula is C37H74N4O4S2. The van der Waals surface area contributed by atoms with Gasteiger partial charge >= 0.3 is 0 Å². The normalized spacial score (nSPS) is 16.8. The maximum atomic E-state index is 10.7. The number of amides is 4. The average molecular weight is 703 g/mol. The van der Waals surface area contributed by atoms with Crippen LogP contribution in [0.2, 0.25) is 0 Å². The van der Waals surface area contributed by atoms with Gasteiger partial charge in [0.25, 0.3) is 0 Å². The number of carbonyl (C=O) groups excluding carboxylic acids is 4. The van der Waals surface area contributed by atoms with Crippen LogP contribution in [0.5, 0.6) is 0 Å². The molecule has 2 aliphatic heterocycles. The van der Waals surface area contributed by atoms with E-state index in [1.807, 2.05) is 46.4 Å². The number of thiol groups is 1. The van der Waals surface area contributed by atoms with Gasteiger partial charge < -0.3 is 15.5 Å². The van der Waals surface area contributed by atoms with Crippen molar-refractivity contribution in [2.24, 2.45) is 5.92 Å². The number of hydrogen-bond acceptors (Lipinski definition) is 7. The van der Waals surface area contributed by atoms with E-state index in [2.05, 4.69) is 69.3 Å². The van der Waals surface area contributed by atoms with Gasteiger partial charge in [-0.25, -0.2) is 4.31 Å². The summed E-state index contributed by atoms with van der Waals surface area (Å²) in [7, 11) is 2.07. The zero-order valence-corrected chi connectivity index (χ0v) is 33.7. The fraction of sp³-hybridized carbons (Fsp3) is 0.784. The van der Waals surface area contributed by atoms with E-state index in [1.165, 1.54) is 74.9 Å². The Morgan fingerprint density at radius 1 is 0.872 bits per heavy atom. The fourth-order valence-electron chi connectivity index (χ4n) is 4.18. The van der Waals surface area contributed by atoms with Crippen LogP contribution in [0.15, 0.2) is 24.6 Å². The molecule has 3 atom stereocenters. The van der Waals surface area contributed by atoms with Crippen molar-refractivity contribution in [3.8, 4) is 0 Å². The molecule has 10 heteroatoms. The summed E-state index contributed by atoms with van der Waals surface area (Å²) >= 11 is 5.72. The third-order valence-electron chi connectivity index (χ3n) is 7.21. The second-order valence-corrected chi connectivity index (χ2v) is 12.9. The number of hydrogen-bond donors (Lipinski definition) is 3. The quantitative estimate of drug-likeness (QED) is 0.0570. The highest BCUT2D eigenvalue weighted by molar-refractivity contribution is 8.00. The molecule has 0 bridgehead atoms.